The maximum Gasteiger partial charge on any atom is 0.234 e. The molecular weight excluding hydrogens is 190 g/mol. The van der Waals surface area contributed by atoms with E-state index in [1.54, 1.807) is 11.6 Å². The van der Waals surface area contributed by atoms with Gasteiger partial charge in [0.05, 0.1) is 13.1 Å². The SMILES string of the molecule is NCC(=O)NCC(=O)c1nccs1. The standard InChI is InChI=1S/C7H9N3O2S/c8-3-6(12)10-4-5(11)7-9-1-2-13-7/h1-2H,3-4,8H2,(H,10,12). The van der Waals surface area contributed by atoms with Crippen molar-refractivity contribution in [3.05, 3.63) is 16.6 Å². The Morgan fingerprint density at radius 2 is 2.38 bits per heavy atom. The van der Waals surface area contributed by atoms with Crippen LogP contribution in [0.3, 0.4) is 0 Å². The highest BCUT2D eigenvalue weighted by atomic mass is 32.1. The first kappa shape index (κ1) is 9.82. The van der Waals surface area contributed by atoms with Crippen LogP contribution >= 0.6 is 11.3 Å². The predicted molar refractivity (Wildman–Crippen MR) is 48.5 cm³/mol. The first-order valence-electron chi connectivity index (χ1n) is 3.63. The molecule has 1 aromatic rings. The molecule has 1 heterocycles. The molecule has 0 aliphatic rings. The van der Waals surface area contributed by atoms with Crippen molar-refractivity contribution >= 4 is 23.0 Å². The van der Waals surface area contributed by atoms with E-state index in [-0.39, 0.29) is 24.8 Å². The van der Waals surface area contributed by atoms with Gasteiger partial charge in [-0.05, 0) is 0 Å². The van der Waals surface area contributed by atoms with Gasteiger partial charge in [0.25, 0.3) is 0 Å². The number of aromatic nitrogens is 1. The van der Waals surface area contributed by atoms with Gasteiger partial charge in [0, 0.05) is 11.6 Å². The highest BCUT2D eigenvalue weighted by Gasteiger charge is 2.08. The van der Waals surface area contributed by atoms with Crippen LogP contribution in [0.2, 0.25) is 0 Å². The maximum absolute atomic E-state index is 11.2. The molecular formula is C7H9N3O2S. The Morgan fingerprint density at radius 3 is 2.92 bits per heavy atom. The Hall–Kier alpha value is -1.27. The number of Topliss-reactive ketones (excluding diaryl/α,β-unsaturated/α-hetero) is 1. The third-order valence-corrected chi connectivity index (χ3v) is 2.12. The van der Waals surface area contributed by atoms with Crippen LogP contribution in [0.4, 0.5) is 0 Å². The van der Waals surface area contributed by atoms with Gasteiger partial charge in [-0.1, -0.05) is 0 Å². The Bertz CT molecular complexity index is 297. The number of nitrogens with zero attached hydrogens (tertiary/aromatic N) is 1. The zero-order valence-electron chi connectivity index (χ0n) is 6.82. The average Bonchev–Trinajstić information content (AvgIpc) is 2.66. The molecule has 3 N–H and O–H groups in total. The summed E-state index contributed by atoms with van der Waals surface area (Å²) in [7, 11) is 0. The van der Waals surface area contributed by atoms with E-state index >= 15 is 0 Å². The van der Waals surface area contributed by atoms with E-state index < -0.39 is 0 Å². The van der Waals surface area contributed by atoms with Gasteiger partial charge in [0.1, 0.15) is 0 Å². The van der Waals surface area contributed by atoms with Gasteiger partial charge in [-0.25, -0.2) is 4.98 Å². The topological polar surface area (TPSA) is 85.1 Å². The molecule has 70 valence electrons. The molecule has 0 spiro atoms. The molecule has 1 aromatic heterocycles. The summed E-state index contributed by atoms with van der Waals surface area (Å²) in [5, 5.41) is 4.48. The fourth-order valence-corrected chi connectivity index (χ4v) is 1.26. The van der Waals surface area contributed by atoms with Crippen LogP contribution in [-0.2, 0) is 4.79 Å². The smallest absolute Gasteiger partial charge is 0.234 e. The Labute approximate surface area is 79.0 Å². The van der Waals surface area contributed by atoms with Gasteiger partial charge in [-0.2, -0.15) is 0 Å². The van der Waals surface area contributed by atoms with Gasteiger partial charge in [-0.3, -0.25) is 9.59 Å². The number of carbonyl (C=O) groups excluding carboxylic acids is 2. The van der Waals surface area contributed by atoms with Crippen molar-refractivity contribution in [2.24, 2.45) is 5.73 Å². The van der Waals surface area contributed by atoms with Crippen LogP contribution in [0.1, 0.15) is 9.80 Å². The van der Waals surface area contributed by atoms with Crippen molar-refractivity contribution in [1.29, 1.82) is 0 Å². The molecule has 0 bridgehead atoms. The Kier molecular flexibility index (Phi) is 3.53. The molecule has 0 saturated heterocycles. The second-order valence-electron chi connectivity index (χ2n) is 2.24. The van der Waals surface area contributed by atoms with Gasteiger partial charge in [0.15, 0.2) is 5.01 Å². The number of ketones is 1. The minimum Gasteiger partial charge on any atom is -0.347 e. The maximum atomic E-state index is 11.2. The van der Waals surface area contributed by atoms with E-state index in [0.717, 1.165) is 0 Å². The van der Waals surface area contributed by atoms with Crippen molar-refractivity contribution in [3.8, 4) is 0 Å². The molecule has 0 fully saturated rings. The highest BCUT2D eigenvalue weighted by molar-refractivity contribution is 7.11. The molecule has 0 unspecified atom stereocenters. The second kappa shape index (κ2) is 4.68. The van der Waals surface area contributed by atoms with Crippen molar-refractivity contribution < 1.29 is 9.59 Å². The first-order chi connectivity index (χ1) is 6.24. The lowest BCUT2D eigenvalue weighted by Gasteiger charge is -1.99. The average molecular weight is 199 g/mol. The first-order valence-corrected chi connectivity index (χ1v) is 4.51. The summed E-state index contributed by atoms with van der Waals surface area (Å²) >= 11 is 1.25. The largest absolute Gasteiger partial charge is 0.347 e. The van der Waals surface area contributed by atoms with Gasteiger partial charge >= 0.3 is 0 Å². The Balaban J connectivity index is 2.39. The van der Waals surface area contributed by atoms with E-state index in [4.69, 9.17) is 5.73 Å². The van der Waals surface area contributed by atoms with Crippen LogP contribution in [0.15, 0.2) is 11.6 Å². The quantitative estimate of drug-likeness (QED) is 0.634. The summed E-state index contributed by atoms with van der Waals surface area (Å²) in [4.78, 5) is 25.7. The number of carbonyl (C=O) groups is 2. The fourth-order valence-electron chi connectivity index (χ4n) is 0.688. The van der Waals surface area contributed by atoms with E-state index in [2.05, 4.69) is 10.3 Å². The normalized spacial score (nSPS) is 9.62. The van der Waals surface area contributed by atoms with E-state index in [9.17, 15) is 9.59 Å². The van der Waals surface area contributed by atoms with Crippen molar-refractivity contribution in [2.45, 2.75) is 0 Å². The number of hydrogen-bond donors (Lipinski definition) is 2. The minimum atomic E-state index is -0.343. The molecule has 0 saturated carbocycles. The number of thiazole rings is 1. The van der Waals surface area contributed by atoms with E-state index in [1.165, 1.54) is 11.3 Å². The van der Waals surface area contributed by atoms with Crippen LogP contribution in [0.5, 0.6) is 0 Å². The van der Waals surface area contributed by atoms with E-state index in [0.29, 0.717) is 5.01 Å². The summed E-state index contributed by atoms with van der Waals surface area (Å²) in [6.07, 6.45) is 1.54. The molecule has 0 aliphatic carbocycles. The van der Waals surface area contributed by atoms with Crippen LogP contribution < -0.4 is 11.1 Å². The lowest BCUT2D eigenvalue weighted by Crippen LogP contribution is -2.34. The van der Waals surface area contributed by atoms with Gasteiger partial charge < -0.3 is 11.1 Å². The molecule has 6 heteroatoms. The van der Waals surface area contributed by atoms with Gasteiger partial charge in [0.2, 0.25) is 11.7 Å². The predicted octanol–water partition coefficient (Wildman–Crippen LogP) is -0.599. The summed E-state index contributed by atoms with van der Waals surface area (Å²) in [6, 6.07) is 0. The number of amides is 1. The monoisotopic (exact) mass is 199 g/mol. The molecule has 0 radical (unpaired) electrons. The molecule has 13 heavy (non-hydrogen) atoms. The van der Waals surface area contributed by atoms with E-state index in [1.807, 2.05) is 0 Å². The lowest BCUT2D eigenvalue weighted by atomic mass is 10.4. The molecule has 0 aliphatic heterocycles. The highest BCUT2D eigenvalue weighted by Crippen LogP contribution is 2.03. The molecule has 0 atom stereocenters. The number of rotatable bonds is 4. The summed E-state index contributed by atoms with van der Waals surface area (Å²) < 4.78 is 0. The zero-order valence-corrected chi connectivity index (χ0v) is 7.63. The summed E-state index contributed by atoms with van der Waals surface area (Å²) in [5.41, 5.74) is 5.04. The Morgan fingerprint density at radius 1 is 1.62 bits per heavy atom. The van der Waals surface area contributed by atoms with Crippen LogP contribution in [-0.4, -0.2) is 29.8 Å². The minimum absolute atomic E-state index is 0.0381. The zero-order chi connectivity index (χ0) is 9.68. The molecule has 1 rings (SSSR count). The molecule has 0 aromatic carbocycles. The van der Waals surface area contributed by atoms with Crippen molar-refractivity contribution in [2.75, 3.05) is 13.1 Å². The third-order valence-electron chi connectivity index (χ3n) is 1.30. The summed E-state index contributed by atoms with van der Waals surface area (Å²) in [6.45, 7) is -0.144. The summed E-state index contributed by atoms with van der Waals surface area (Å²) in [5.74, 6) is -0.540. The van der Waals surface area contributed by atoms with Gasteiger partial charge in [-0.15, -0.1) is 11.3 Å². The second-order valence-corrected chi connectivity index (χ2v) is 3.14. The number of nitrogens with two attached hydrogens (primary N) is 1. The lowest BCUT2D eigenvalue weighted by molar-refractivity contribution is -0.119. The number of nitrogens with one attached hydrogen (secondary N) is 1. The van der Waals surface area contributed by atoms with Crippen LogP contribution in [0.25, 0.3) is 0 Å². The third kappa shape index (κ3) is 2.92. The molecule has 5 nitrogen and oxygen atoms in total. The van der Waals surface area contributed by atoms with Crippen molar-refractivity contribution in [1.82, 2.24) is 10.3 Å². The van der Waals surface area contributed by atoms with Crippen LogP contribution in [0, 0.1) is 0 Å². The molecule has 1 amide bonds. The van der Waals surface area contributed by atoms with Crippen molar-refractivity contribution in [3.63, 3.8) is 0 Å². The fraction of sp³-hybridized carbons (Fsp3) is 0.286. The number of hydrogen-bond acceptors (Lipinski definition) is 5.